The maximum atomic E-state index is 14.3. The van der Waals surface area contributed by atoms with Gasteiger partial charge in [-0.1, -0.05) is 66.2 Å². The first kappa shape index (κ1) is 41.8. The van der Waals surface area contributed by atoms with Crippen LogP contribution in [0.15, 0.2) is 30.4 Å². The summed E-state index contributed by atoms with van der Waals surface area (Å²) in [6, 6.07) is 4.47. The van der Waals surface area contributed by atoms with Crippen LogP contribution in [0.2, 0.25) is 0 Å². The summed E-state index contributed by atoms with van der Waals surface area (Å²) in [5.41, 5.74) is 8.13. The number of thiazole rings is 1. The Kier molecular flexibility index (Phi) is 12.1. The summed E-state index contributed by atoms with van der Waals surface area (Å²) in [6.07, 6.45) is 7.97. The molecule has 6 bridgehead atoms. The van der Waals surface area contributed by atoms with E-state index in [4.69, 9.17) is 20.4 Å². The van der Waals surface area contributed by atoms with Gasteiger partial charge in [-0.3, -0.25) is 23.7 Å². The molecule has 0 radical (unpaired) electrons. The number of para-hydroxylation sites is 1. The van der Waals surface area contributed by atoms with Crippen molar-refractivity contribution in [1.29, 1.82) is 0 Å². The number of allylic oxidation sites excluding steroid dienone is 2. The normalized spacial score (nSPS) is 25.6. The molecule has 1 saturated carbocycles. The van der Waals surface area contributed by atoms with Crippen molar-refractivity contribution in [2.75, 3.05) is 12.3 Å². The Balaban J connectivity index is 1.41. The molecular formula is C41H59N7O6S2. The van der Waals surface area contributed by atoms with E-state index in [1.807, 2.05) is 50.5 Å². The number of amides is 3. The van der Waals surface area contributed by atoms with Crippen LogP contribution in [0, 0.1) is 11.3 Å². The number of benzene rings is 1. The van der Waals surface area contributed by atoms with Gasteiger partial charge in [0.25, 0.3) is 11.9 Å². The molecular weight excluding hydrogens is 751 g/mol. The predicted octanol–water partition coefficient (Wildman–Crippen LogP) is 5.99. The van der Waals surface area contributed by atoms with Crippen molar-refractivity contribution in [3.8, 4) is 16.6 Å². The summed E-state index contributed by atoms with van der Waals surface area (Å²) >= 11 is 1.68. The van der Waals surface area contributed by atoms with Gasteiger partial charge in [0.2, 0.25) is 21.8 Å². The van der Waals surface area contributed by atoms with Crippen LogP contribution in [0.4, 0.5) is 0 Å². The molecule has 1 spiro atoms. The number of ether oxygens (including phenoxy) is 1. The summed E-state index contributed by atoms with van der Waals surface area (Å²) in [7, 11) is -3.96. The van der Waals surface area contributed by atoms with E-state index in [2.05, 4.69) is 49.9 Å². The zero-order chi connectivity index (χ0) is 40.7. The molecule has 1 aliphatic carbocycles. The molecule has 4 heterocycles. The summed E-state index contributed by atoms with van der Waals surface area (Å²) in [5, 5.41) is 3.81. The minimum Gasteiger partial charge on any atom is -0.459 e. The second kappa shape index (κ2) is 16.2. The van der Waals surface area contributed by atoms with E-state index in [1.165, 1.54) is 9.78 Å². The number of carbonyl (C=O) groups excluding carboxylic acids is 3. The average molecular weight is 810 g/mol. The van der Waals surface area contributed by atoms with Crippen LogP contribution in [0.1, 0.15) is 123 Å². The minimum absolute atomic E-state index is 0.0370. The van der Waals surface area contributed by atoms with Crippen molar-refractivity contribution in [2.45, 2.75) is 142 Å². The Hall–Kier alpha value is -3.82. The van der Waals surface area contributed by atoms with Gasteiger partial charge in [0, 0.05) is 22.9 Å². The van der Waals surface area contributed by atoms with Crippen molar-refractivity contribution in [3.63, 3.8) is 0 Å². The highest BCUT2D eigenvalue weighted by molar-refractivity contribution is 7.90. The number of hydrogen-bond donors (Lipinski definition) is 3. The van der Waals surface area contributed by atoms with Crippen LogP contribution in [0.3, 0.4) is 0 Å². The standard InChI is InChI=1S/C41H59N7O6S2/c1-9-26-22-41(26)38(51)46-56(52,53)20-15-13-11-10-12-14-19-31-32(24(2)3)43-36(55-31)28-17-16-18-29-33(28)44-39(48(29)25(4)5)54-27-21-30(35(49)45-41)47(23-27)37(50)34(42)40(6,7)8/h10,12,16-18,24-27,30,34H,9,11,13-15,19-23,42H2,1-8H3,(H,45,49)(H,46,51)/t26-,27-,30+,34-,41-/m1/s1. The number of aryl methyl sites for hydroxylation is 1. The molecule has 4 N–H and O–H groups in total. The number of nitrogens with zero attached hydrogens (tertiary/aromatic N) is 4. The maximum absolute atomic E-state index is 14.3. The van der Waals surface area contributed by atoms with Crippen LogP contribution < -0.4 is 20.5 Å². The fourth-order valence-electron chi connectivity index (χ4n) is 7.93. The largest absolute Gasteiger partial charge is 0.459 e. The monoisotopic (exact) mass is 809 g/mol. The Morgan fingerprint density at radius 3 is 2.50 bits per heavy atom. The van der Waals surface area contributed by atoms with Gasteiger partial charge in [-0.05, 0) is 81.8 Å². The molecule has 13 nitrogen and oxygen atoms in total. The zero-order valence-corrected chi connectivity index (χ0v) is 35.7. The van der Waals surface area contributed by atoms with Crippen molar-refractivity contribution >= 4 is 50.1 Å². The topological polar surface area (TPSA) is 179 Å². The molecule has 3 aromatic rings. The minimum atomic E-state index is -3.96. The van der Waals surface area contributed by atoms with Crippen LogP contribution in [-0.4, -0.2) is 81.6 Å². The molecule has 2 aromatic heterocycles. The SMILES string of the molecule is CC[C@@H]1C[C@@]12NC(=O)[C@@H]1C[C@H](CN1C(=O)[C@@H](N)C(C)(C)C)Oc1nc3c(cccc3n1C(C)C)-c1nc(C(C)C)c(s1)CCC=CCCCCS(=O)(=O)NC2=O. The van der Waals surface area contributed by atoms with Crippen LogP contribution >= 0.6 is 11.3 Å². The van der Waals surface area contributed by atoms with E-state index in [-0.39, 0.29) is 36.6 Å². The third-order valence-electron chi connectivity index (χ3n) is 11.4. The van der Waals surface area contributed by atoms with Gasteiger partial charge in [-0.2, -0.15) is 4.98 Å². The third-order valence-corrected chi connectivity index (χ3v) is 13.9. The maximum Gasteiger partial charge on any atom is 0.297 e. The van der Waals surface area contributed by atoms with E-state index in [1.54, 1.807) is 11.3 Å². The number of rotatable bonds is 4. The van der Waals surface area contributed by atoms with Gasteiger partial charge in [0.1, 0.15) is 28.2 Å². The van der Waals surface area contributed by atoms with Gasteiger partial charge in [0.15, 0.2) is 0 Å². The smallest absolute Gasteiger partial charge is 0.297 e. The van der Waals surface area contributed by atoms with Crippen molar-refractivity contribution < 1.29 is 27.5 Å². The van der Waals surface area contributed by atoms with Gasteiger partial charge >= 0.3 is 0 Å². The highest BCUT2D eigenvalue weighted by Crippen LogP contribution is 2.47. The second-order valence-corrected chi connectivity index (χ2v) is 20.3. The van der Waals surface area contributed by atoms with Crippen molar-refractivity contribution in [2.24, 2.45) is 17.1 Å². The molecule has 15 heteroatoms. The lowest BCUT2D eigenvalue weighted by atomic mass is 9.86. The molecule has 3 amide bonds. The van der Waals surface area contributed by atoms with E-state index in [0.717, 1.165) is 40.1 Å². The predicted molar refractivity (Wildman–Crippen MR) is 220 cm³/mol. The first-order valence-electron chi connectivity index (χ1n) is 20.1. The van der Waals surface area contributed by atoms with Gasteiger partial charge < -0.3 is 20.7 Å². The number of nitrogens with one attached hydrogen (secondary N) is 2. The van der Waals surface area contributed by atoms with E-state index < -0.39 is 56.9 Å². The number of likely N-dealkylation sites (tertiary alicyclic amines) is 1. The number of aromatic nitrogens is 3. The number of sulfonamides is 1. The molecule has 2 fully saturated rings. The molecule has 0 unspecified atom stereocenters. The Bertz CT molecular complexity index is 2100. The first-order chi connectivity index (χ1) is 26.4. The fraction of sp³-hybridized carbons (Fsp3) is 0.634. The molecule has 1 aromatic carbocycles. The molecule has 3 aliphatic rings. The van der Waals surface area contributed by atoms with E-state index in [0.29, 0.717) is 38.1 Å². The van der Waals surface area contributed by atoms with E-state index in [9.17, 15) is 22.8 Å². The third kappa shape index (κ3) is 8.54. The Morgan fingerprint density at radius 1 is 1.11 bits per heavy atom. The highest BCUT2D eigenvalue weighted by atomic mass is 32.2. The molecule has 1 saturated heterocycles. The summed E-state index contributed by atoms with van der Waals surface area (Å²) in [5.74, 6) is -1.93. The van der Waals surface area contributed by atoms with E-state index >= 15 is 0 Å². The Labute approximate surface area is 335 Å². The van der Waals surface area contributed by atoms with Crippen LogP contribution in [0.25, 0.3) is 21.6 Å². The molecule has 2 aliphatic heterocycles. The lowest BCUT2D eigenvalue weighted by molar-refractivity contribution is -0.142. The lowest BCUT2D eigenvalue weighted by Gasteiger charge is -2.33. The van der Waals surface area contributed by atoms with Crippen LogP contribution in [-0.2, 0) is 30.8 Å². The van der Waals surface area contributed by atoms with Gasteiger partial charge in [-0.15, -0.1) is 11.3 Å². The summed E-state index contributed by atoms with van der Waals surface area (Å²) < 4.78 is 37.2. The van der Waals surface area contributed by atoms with Gasteiger partial charge in [0.05, 0.1) is 29.6 Å². The second-order valence-electron chi connectivity index (χ2n) is 17.4. The molecule has 5 atom stereocenters. The van der Waals surface area contributed by atoms with Crippen molar-refractivity contribution in [3.05, 3.63) is 40.9 Å². The number of carbonyl (C=O) groups is 3. The molecule has 56 heavy (non-hydrogen) atoms. The number of nitrogens with two attached hydrogens (primary N) is 1. The Morgan fingerprint density at radius 2 is 1.84 bits per heavy atom. The van der Waals surface area contributed by atoms with Crippen LogP contribution in [0.5, 0.6) is 6.01 Å². The van der Waals surface area contributed by atoms with Crippen molar-refractivity contribution in [1.82, 2.24) is 29.5 Å². The molecule has 6 rings (SSSR count). The summed E-state index contributed by atoms with van der Waals surface area (Å²) in [4.78, 5) is 55.0. The fourth-order valence-corrected chi connectivity index (χ4v) is 10.3. The first-order valence-corrected chi connectivity index (χ1v) is 22.6. The average Bonchev–Trinajstić information content (AvgIpc) is 3.41. The number of imidazole rings is 1. The zero-order valence-electron chi connectivity index (χ0n) is 34.1. The quantitative estimate of drug-likeness (QED) is 0.267. The molecule has 306 valence electrons. The number of fused-ring (bicyclic) bond motifs is 6. The number of hydrogen-bond acceptors (Lipinski definition) is 10. The highest BCUT2D eigenvalue weighted by Gasteiger charge is 2.61. The lowest BCUT2D eigenvalue weighted by Crippen LogP contribution is -2.58. The summed E-state index contributed by atoms with van der Waals surface area (Å²) in [6.45, 7) is 16.0. The van der Waals surface area contributed by atoms with Gasteiger partial charge in [-0.25, -0.2) is 13.4 Å².